The quantitative estimate of drug-likeness (QED) is 0.616. The molecular weight excluding hydrogens is 420 g/mol. The highest BCUT2D eigenvalue weighted by molar-refractivity contribution is 7.89. The second kappa shape index (κ2) is 9.71. The van der Waals surface area contributed by atoms with Crippen molar-refractivity contribution >= 4 is 27.9 Å². The fraction of sp³-hybridized carbons (Fsp3) is 0.286. The topological polar surface area (TPSA) is 118 Å². The fourth-order valence-electron chi connectivity index (χ4n) is 3.25. The molecule has 164 valence electrons. The summed E-state index contributed by atoms with van der Waals surface area (Å²) in [6.07, 6.45) is 5.07. The van der Waals surface area contributed by atoms with Gasteiger partial charge in [0.2, 0.25) is 15.9 Å². The van der Waals surface area contributed by atoms with Gasteiger partial charge in [0.05, 0.1) is 7.11 Å². The molecule has 3 rings (SSSR count). The smallest absolute Gasteiger partial charge is 0.272 e. The minimum Gasteiger partial charge on any atom is -0.495 e. The fourth-order valence-corrected chi connectivity index (χ4v) is 4.18. The number of benzene rings is 1. The summed E-state index contributed by atoms with van der Waals surface area (Å²) in [4.78, 5) is 30.5. The number of aromatic nitrogens is 1. The summed E-state index contributed by atoms with van der Waals surface area (Å²) in [5.41, 5.74) is 0.907. The average Bonchev–Trinajstić information content (AvgIpc) is 3.25. The van der Waals surface area contributed by atoms with E-state index in [2.05, 4.69) is 15.0 Å². The summed E-state index contributed by atoms with van der Waals surface area (Å²) in [5.74, 6) is -0.282. The van der Waals surface area contributed by atoms with Crippen molar-refractivity contribution in [3.05, 3.63) is 59.9 Å². The summed E-state index contributed by atoms with van der Waals surface area (Å²) < 4.78 is 31.7. The van der Waals surface area contributed by atoms with Crippen LogP contribution < -0.4 is 14.8 Å². The zero-order chi connectivity index (χ0) is 22.4. The molecule has 2 N–H and O–H groups in total. The number of amides is 2. The predicted octanol–water partition coefficient (Wildman–Crippen LogP) is 1.04. The lowest BCUT2D eigenvalue weighted by Gasteiger charge is -2.16. The largest absolute Gasteiger partial charge is 0.495 e. The maximum Gasteiger partial charge on any atom is 0.272 e. The van der Waals surface area contributed by atoms with Crippen molar-refractivity contribution in [3.8, 4) is 5.75 Å². The number of hydrogen-bond acceptors (Lipinski definition) is 6. The highest BCUT2D eigenvalue weighted by Gasteiger charge is 2.28. The number of pyridine rings is 1. The van der Waals surface area contributed by atoms with Gasteiger partial charge in [-0.15, -0.1) is 0 Å². The molecule has 0 bridgehead atoms. The molecule has 1 atom stereocenters. The van der Waals surface area contributed by atoms with Crippen LogP contribution >= 0.6 is 0 Å². The third-order valence-corrected chi connectivity index (χ3v) is 6.31. The van der Waals surface area contributed by atoms with Crippen molar-refractivity contribution in [1.29, 1.82) is 0 Å². The third-order valence-electron chi connectivity index (χ3n) is 4.88. The third kappa shape index (κ3) is 5.47. The number of rotatable bonds is 7. The van der Waals surface area contributed by atoms with Gasteiger partial charge in [-0.2, -0.15) is 0 Å². The summed E-state index contributed by atoms with van der Waals surface area (Å²) in [6, 6.07) is 9.61. The molecule has 2 heterocycles. The molecule has 10 heteroatoms. The van der Waals surface area contributed by atoms with Gasteiger partial charge in [0.25, 0.3) is 5.91 Å². The van der Waals surface area contributed by atoms with E-state index in [1.165, 1.54) is 38.4 Å². The molecule has 1 saturated heterocycles. The summed E-state index contributed by atoms with van der Waals surface area (Å²) in [7, 11) is -1.01. The Morgan fingerprint density at radius 3 is 2.74 bits per heavy atom. The molecule has 0 spiro atoms. The van der Waals surface area contributed by atoms with Crippen LogP contribution in [-0.2, 0) is 14.8 Å². The number of sulfonamides is 1. The van der Waals surface area contributed by atoms with Gasteiger partial charge in [-0.1, -0.05) is 12.1 Å². The number of likely N-dealkylation sites (tertiary alicyclic amines) is 1. The van der Waals surface area contributed by atoms with Gasteiger partial charge in [-0.05, 0) is 49.4 Å². The molecule has 1 fully saturated rings. The molecule has 0 saturated carbocycles. The van der Waals surface area contributed by atoms with Crippen LogP contribution in [0.4, 0.5) is 0 Å². The van der Waals surface area contributed by atoms with Gasteiger partial charge in [0.15, 0.2) is 0 Å². The van der Waals surface area contributed by atoms with Crippen LogP contribution in [0.3, 0.4) is 0 Å². The molecule has 0 aliphatic carbocycles. The number of methoxy groups -OCH3 is 1. The van der Waals surface area contributed by atoms with E-state index in [-0.39, 0.29) is 28.5 Å². The normalized spacial score (nSPS) is 16.5. The number of carbonyl (C=O) groups excluding carboxylic acids is 2. The number of ether oxygens (including phenoxy) is 1. The molecule has 0 radical (unpaired) electrons. The summed E-state index contributed by atoms with van der Waals surface area (Å²) >= 11 is 0. The maximum atomic E-state index is 12.5. The van der Waals surface area contributed by atoms with Crippen LogP contribution in [-0.4, -0.2) is 63.4 Å². The number of carbonyl (C=O) groups is 2. The van der Waals surface area contributed by atoms with E-state index in [1.807, 2.05) is 0 Å². The Bertz CT molecular complexity index is 1090. The van der Waals surface area contributed by atoms with Crippen molar-refractivity contribution in [3.63, 3.8) is 0 Å². The van der Waals surface area contributed by atoms with Crippen LogP contribution in [0, 0.1) is 0 Å². The molecule has 2 aromatic rings. The first-order valence-corrected chi connectivity index (χ1v) is 11.1. The Kier molecular flexibility index (Phi) is 7.03. The molecule has 1 aromatic carbocycles. The Morgan fingerprint density at radius 1 is 1.26 bits per heavy atom. The minimum atomic E-state index is -3.71. The van der Waals surface area contributed by atoms with Gasteiger partial charge in [0.1, 0.15) is 16.3 Å². The number of hydrogen-bond donors (Lipinski definition) is 2. The average molecular weight is 445 g/mol. The standard InChI is InChI=1S/C21H24N4O5S/c1-22-31(28,29)19-13-15(6-8-18(19)30-2)7-9-20(26)24-16-10-12-25(14-16)21(27)17-5-3-4-11-23-17/h3-9,11,13,16,22H,10,12,14H2,1-2H3,(H,24,26)/b9-7+. The van der Waals surface area contributed by atoms with Crippen molar-refractivity contribution < 1.29 is 22.7 Å². The van der Waals surface area contributed by atoms with Gasteiger partial charge < -0.3 is 15.0 Å². The molecule has 31 heavy (non-hydrogen) atoms. The first-order chi connectivity index (χ1) is 14.8. The second-order valence-corrected chi connectivity index (χ2v) is 8.77. The van der Waals surface area contributed by atoms with E-state index in [9.17, 15) is 18.0 Å². The highest BCUT2D eigenvalue weighted by Crippen LogP contribution is 2.25. The molecular formula is C21H24N4O5S. The first kappa shape index (κ1) is 22.4. The molecule has 1 aromatic heterocycles. The van der Waals surface area contributed by atoms with Crippen molar-refractivity contribution in [2.24, 2.45) is 0 Å². The Labute approximate surface area is 181 Å². The SMILES string of the molecule is CNS(=O)(=O)c1cc(/C=C/C(=O)NC2CCN(C(=O)c3ccccn3)C2)ccc1OC. The van der Waals surface area contributed by atoms with Crippen LogP contribution in [0.1, 0.15) is 22.5 Å². The minimum absolute atomic E-state index is 0.0143. The van der Waals surface area contributed by atoms with Crippen LogP contribution in [0.25, 0.3) is 6.08 Å². The van der Waals surface area contributed by atoms with E-state index < -0.39 is 10.0 Å². The monoisotopic (exact) mass is 444 g/mol. The van der Waals surface area contributed by atoms with Gasteiger partial charge in [0, 0.05) is 31.4 Å². The van der Waals surface area contributed by atoms with Crippen LogP contribution in [0.5, 0.6) is 5.75 Å². The van der Waals surface area contributed by atoms with E-state index in [1.54, 1.807) is 35.4 Å². The van der Waals surface area contributed by atoms with E-state index >= 15 is 0 Å². The number of nitrogens with one attached hydrogen (secondary N) is 2. The van der Waals surface area contributed by atoms with E-state index in [0.29, 0.717) is 30.8 Å². The summed E-state index contributed by atoms with van der Waals surface area (Å²) in [5, 5.41) is 2.87. The van der Waals surface area contributed by atoms with Crippen molar-refractivity contribution in [1.82, 2.24) is 19.9 Å². The predicted molar refractivity (Wildman–Crippen MR) is 115 cm³/mol. The highest BCUT2D eigenvalue weighted by atomic mass is 32.2. The zero-order valence-corrected chi connectivity index (χ0v) is 18.1. The van der Waals surface area contributed by atoms with Crippen molar-refractivity contribution in [2.45, 2.75) is 17.4 Å². The molecule has 1 aliphatic heterocycles. The van der Waals surface area contributed by atoms with Crippen molar-refractivity contribution in [2.75, 3.05) is 27.2 Å². The van der Waals surface area contributed by atoms with E-state index in [4.69, 9.17) is 4.74 Å². The maximum absolute atomic E-state index is 12.5. The molecule has 2 amide bonds. The Hall–Kier alpha value is -3.24. The van der Waals surface area contributed by atoms with Gasteiger partial charge >= 0.3 is 0 Å². The zero-order valence-electron chi connectivity index (χ0n) is 17.2. The van der Waals surface area contributed by atoms with Gasteiger partial charge in [-0.25, -0.2) is 13.1 Å². The Morgan fingerprint density at radius 2 is 2.06 bits per heavy atom. The summed E-state index contributed by atoms with van der Waals surface area (Å²) in [6.45, 7) is 0.940. The molecule has 9 nitrogen and oxygen atoms in total. The molecule has 1 unspecified atom stereocenters. The van der Waals surface area contributed by atoms with Crippen LogP contribution in [0.15, 0.2) is 53.6 Å². The second-order valence-electron chi connectivity index (χ2n) is 6.91. The van der Waals surface area contributed by atoms with Crippen LogP contribution in [0.2, 0.25) is 0 Å². The number of nitrogens with zero attached hydrogens (tertiary/aromatic N) is 2. The van der Waals surface area contributed by atoms with Gasteiger partial charge in [-0.3, -0.25) is 14.6 Å². The lowest BCUT2D eigenvalue weighted by atomic mass is 10.2. The van der Waals surface area contributed by atoms with E-state index in [0.717, 1.165) is 0 Å². The Balaban J connectivity index is 1.61. The first-order valence-electron chi connectivity index (χ1n) is 9.64. The molecule has 1 aliphatic rings. The lowest BCUT2D eigenvalue weighted by Crippen LogP contribution is -2.37. The lowest BCUT2D eigenvalue weighted by molar-refractivity contribution is -0.117.